The van der Waals surface area contributed by atoms with Gasteiger partial charge in [-0.1, -0.05) is 12.1 Å². The van der Waals surface area contributed by atoms with Crippen LogP contribution in [0.15, 0.2) is 36.4 Å². The highest BCUT2D eigenvalue weighted by Crippen LogP contribution is 2.32. The molecule has 0 fully saturated rings. The molecular weight excluding hydrogens is 392 g/mol. The molecule has 2 aromatic carbocycles. The van der Waals surface area contributed by atoms with E-state index in [-0.39, 0.29) is 22.7 Å². The molecule has 10 N–H and O–H groups in total. The maximum atomic E-state index is 10.8. The summed E-state index contributed by atoms with van der Waals surface area (Å²) in [6, 6.07) is 8.41. The second kappa shape index (κ2) is 12.3. The van der Waals surface area contributed by atoms with Crippen molar-refractivity contribution in [3.8, 4) is 11.1 Å². The van der Waals surface area contributed by atoms with Crippen LogP contribution in [0.5, 0.6) is 0 Å². The first kappa shape index (κ1) is 24.7. The van der Waals surface area contributed by atoms with Crippen LogP contribution >= 0.6 is 0 Å². The van der Waals surface area contributed by atoms with E-state index in [0.29, 0.717) is 30.8 Å². The second-order valence-electron chi connectivity index (χ2n) is 6.27. The van der Waals surface area contributed by atoms with E-state index in [1.54, 1.807) is 12.1 Å². The molecule has 0 atom stereocenters. The van der Waals surface area contributed by atoms with Crippen molar-refractivity contribution in [2.75, 3.05) is 50.7 Å². The highest BCUT2D eigenvalue weighted by atomic mass is 16.6. The molecule has 12 nitrogen and oxygen atoms in total. The smallest absolute Gasteiger partial charge is 0.292 e. The standard InChI is InChI=1S/C12H10N4O4.C6H18N4/c13-9-3-1-7(5-11(9)15(17)18)8-2-4-10(14)12(6-8)16(19)20;7-1-4-10(5-2-8)6-3-9/h1-6H,13-14H2;1-9H2. The quantitative estimate of drug-likeness (QED) is 0.215. The van der Waals surface area contributed by atoms with Gasteiger partial charge in [0.2, 0.25) is 0 Å². The molecule has 164 valence electrons. The van der Waals surface area contributed by atoms with Crippen LogP contribution in [0.3, 0.4) is 0 Å². The summed E-state index contributed by atoms with van der Waals surface area (Å²) in [5.74, 6) is 0. The van der Waals surface area contributed by atoms with Gasteiger partial charge in [0, 0.05) is 51.4 Å². The van der Waals surface area contributed by atoms with E-state index in [1.807, 2.05) is 0 Å². The summed E-state index contributed by atoms with van der Waals surface area (Å²) < 4.78 is 0. The Bertz CT molecular complexity index is 786. The van der Waals surface area contributed by atoms with Gasteiger partial charge in [-0.15, -0.1) is 0 Å². The third kappa shape index (κ3) is 7.25. The van der Waals surface area contributed by atoms with E-state index in [9.17, 15) is 20.2 Å². The van der Waals surface area contributed by atoms with E-state index in [4.69, 9.17) is 28.7 Å². The van der Waals surface area contributed by atoms with E-state index < -0.39 is 9.85 Å². The Balaban J connectivity index is 0.000000382. The largest absolute Gasteiger partial charge is 0.393 e. The predicted molar refractivity (Wildman–Crippen MR) is 118 cm³/mol. The lowest BCUT2D eigenvalue weighted by atomic mass is 10.0. The Hall–Kier alpha value is -3.32. The Labute approximate surface area is 173 Å². The normalized spacial score (nSPS) is 10.4. The lowest BCUT2D eigenvalue weighted by molar-refractivity contribution is -0.384. The molecule has 0 aromatic heterocycles. The zero-order valence-corrected chi connectivity index (χ0v) is 16.6. The number of anilines is 2. The van der Waals surface area contributed by atoms with Crippen molar-refractivity contribution in [1.29, 1.82) is 0 Å². The molecule has 0 aliphatic heterocycles. The summed E-state index contributed by atoms with van der Waals surface area (Å²) in [6.07, 6.45) is 0. The Morgan fingerprint density at radius 1 is 0.700 bits per heavy atom. The van der Waals surface area contributed by atoms with Crippen molar-refractivity contribution < 1.29 is 9.85 Å². The average Bonchev–Trinajstić information content (AvgIpc) is 2.69. The fraction of sp³-hybridized carbons (Fsp3) is 0.333. The second-order valence-corrected chi connectivity index (χ2v) is 6.27. The number of hydrogen-bond acceptors (Lipinski definition) is 10. The fourth-order valence-electron chi connectivity index (χ4n) is 2.65. The minimum Gasteiger partial charge on any atom is -0.393 e. The van der Waals surface area contributed by atoms with Gasteiger partial charge in [-0.25, -0.2) is 0 Å². The van der Waals surface area contributed by atoms with Crippen molar-refractivity contribution in [2.45, 2.75) is 0 Å². The van der Waals surface area contributed by atoms with Crippen molar-refractivity contribution in [3.63, 3.8) is 0 Å². The van der Waals surface area contributed by atoms with Gasteiger partial charge < -0.3 is 28.7 Å². The molecule has 2 rings (SSSR count). The SMILES string of the molecule is NCCN(CCN)CCN.Nc1ccc(-c2ccc(N)c([N+](=O)[O-])c2)cc1[N+](=O)[O-]. The predicted octanol–water partition coefficient (Wildman–Crippen LogP) is 0.499. The number of nitrogens with two attached hydrogens (primary N) is 5. The molecule has 0 radical (unpaired) electrons. The Morgan fingerprint density at radius 3 is 1.30 bits per heavy atom. The fourth-order valence-corrected chi connectivity index (χ4v) is 2.65. The minimum atomic E-state index is -0.607. The van der Waals surface area contributed by atoms with Crippen molar-refractivity contribution in [3.05, 3.63) is 56.6 Å². The number of rotatable bonds is 9. The van der Waals surface area contributed by atoms with Crippen molar-refractivity contribution in [2.24, 2.45) is 17.2 Å². The number of benzene rings is 2. The van der Waals surface area contributed by atoms with Crippen LogP contribution in [-0.4, -0.2) is 54.0 Å². The average molecular weight is 420 g/mol. The van der Waals surface area contributed by atoms with E-state index in [2.05, 4.69) is 4.90 Å². The molecule has 0 spiro atoms. The zero-order chi connectivity index (χ0) is 22.7. The molecule has 0 bridgehead atoms. The summed E-state index contributed by atoms with van der Waals surface area (Å²) in [4.78, 5) is 22.6. The van der Waals surface area contributed by atoms with Gasteiger partial charge >= 0.3 is 0 Å². The summed E-state index contributed by atoms with van der Waals surface area (Å²) >= 11 is 0. The molecule has 0 heterocycles. The first-order chi connectivity index (χ1) is 14.2. The number of hydrogen-bond donors (Lipinski definition) is 5. The van der Waals surface area contributed by atoms with E-state index in [1.165, 1.54) is 24.3 Å². The Morgan fingerprint density at radius 2 is 1.03 bits per heavy atom. The van der Waals surface area contributed by atoms with E-state index in [0.717, 1.165) is 19.6 Å². The first-order valence-corrected chi connectivity index (χ1v) is 9.15. The molecule has 0 saturated heterocycles. The maximum Gasteiger partial charge on any atom is 0.292 e. The summed E-state index contributed by atoms with van der Waals surface area (Å²) in [6.45, 7) is 4.73. The third-order valence-electron chi connectivity index (χ3n) is 4.12. The zero-order valence-electron chi connectivity index (χ0n) is 16.6. The lowest BCUT2D eigenvalue weighted by Gasteiger charge is -2.18. The van der Waals surface area contributed by atoms with Crippen molar-refractivity contribution in [1.82, 2.24) is 4.90 Å². The molecule has 0 aliphatic rings. The molecule has 12 heteroatoms. The van der Waals surface area contributed by atoms with Gasteiger partial charge in [-0.2, -0.15) is 0 Å². The highest BCUT2D eigenvalue weighted by molar-refractivity contribution is 5.76. The van der Waals surface area contributed by atoms with Gasteiger partial charge in [0.25, 0.3) is 11.4 Å². The molecule has 2 aromatic rings. The molecule has 0 saturated carbocycles. The minimum absolute atomic E-state index is 0.0312. The molecule has 0 amide bonds. The van der Waals surface area contributed by atoms with Crippen LogP contribution in [0.2, 0.25) is 0 Å². The van der Waals surface area contributed by atoms with Gasteiger partial charge in [0.05, 0.1) is 9.85 Å². The van der Waals surface area contributed by atoms with Gasteiger partial charge in [0.15, 0.2) is 0 Å². The van der Waals surface area contributed by atoms with Crippen LogP contribution < -0.4 is 28.7 Å². The van der Waals surface area contributed by atoms with E-state index >= 15 is 0 Å². The first-order valence-electron chi connectivity index (χ1n) is 9.15. The van der Waals surface area contributed by atoms with Gasteiger partial charge in [-0.3, -0.25) is 25.1 Å². The summed E-state index contributed by atoms with van der Waals surface area (Å²) in [5.41, 5.74) is 27.6. The summed E-state index contributed by atoms with van der Waals surface area (Å²) in [5, 5.41) is 21.7. The number of nitrogen functional groups attached to an aromatic ring is 2. The van der Waals surface area contributed by atoms with Crippen LogP contribution in [0, 0.1) is 20.2 Å². The Kier molecular flexibility index (Phi) is 10.1. The number of nitrogens with zero attached hydrogens (tertiary/aromatic N) is 3. The highest BCUT2D eigenvalue weighted by Gasteiger charge is 2.16. The van der Waals surface area contributed by atoms with Crippen LogP contribution in [0.4, 0.5) is 22.7 Å². The van der Waals surface area contributed by atoms with Crippen LogP contribution in [0.1, 0.15) is 0 Å². The molecule has 0 unspecified atom stereocenters. The monoisotopic (exact) mass is 420 g/mol. The maximum absolute atomic E-state index is 10.8. The lowest BCUT2D eigenvalue weighted by Crippen LogP contribution is -2.37. The number of nitro groups is 2. The molecule has 0 aliphatic carbocycles. The molecule has 30 heavy (non-hydrogen) atoms. The van der Waals surface area contributed by atoms with Gasteiger partial charge in [-0.05, 0) is 23.3 Å². The van der Waals surface area contributed by atoms with Crippen LogP contribution in [0.25, 0.3) is 11.1 Å². The van der Waals surface area contributed by atoms with Gasteiger partial charge in [0.1, 0.15) is 11.4 Å². The molecular formula is C18H28N8O4. The third-order valence-corrected chi connectivity index (χ3v) is 4.12. The topological polar surface area (TPSA) is 220 Å². The van der Waals surface area contributed by atoms with Crippen LogP contribution in [-0.2, 0) is 0 Å². The number of nitro benzene ring substituents is 2. The van der Waals surface area contributed by atoms with Crippen molar-refractivity contribution >= 4 is 22.7 Å². The summed E-state index contributed by atoms with van der Waals surface area (Å²) in [7, 11) is 0.